The molecule has 0 saturated carbocycles. The highest BCUT2D eigenvalue weighted by Crippen LogP contribution is 2.26. The van der Waals surface area contributed by atoms with Crippen LogP contribution in [0.1, 0.15) is 38.9 Å². The molecule has 0 aliphatic rings. The standard InChI is InChI=1S/C22H24N4O3/c1-4-19-17(13-24-26(19)14-15-8-6-5-7-9-15)22(28)25-18-12-16(21(27)23-2)10-11-20(18)29-3/h5-13H,4,14H2,1-3H3,(H,23,27)(H,25,28). The number of methoxy groups -OCH3 is 1. The number of anilines is 1. The fraction of sp³-hybridized carbons (Fsp3) is 0.227. The lowest BCUT2D eigenvalue weighted by Crippen LogP contribution is -2.19. The van der Waals surface area contributed by atoms with Crippen LogP contribution in [0.3, 0.4) is 0 Å². The minimum Gasteiger partial charge on any atom is -0.495 e. The predicted octanol–water partition coefficient (Wildman–Crippen LogP) is 3.11. The molecule has 1 heterocycles. The first kappa shape index (κ1) is 20.1. The van der Waals surface area contributed by atoms with Crippen LogP contribution in [0.2, 0.25) is 0 Å². The smallest absolute Gasteiger partial charge is 0.259 e. The summed E-state index contributed by atoms with van der Waals surface area (Å²) in [6, 6.07) is 14.9. The molecule has 150 valence electrons. The number of nitrogens with zero attached hydrogens (tertiary/aromatic N) is 2. The summed E-state index contributed by atoms with van der Waals surface area (Å²) in [5.41, 5.74) is 3.30. The summed E-state index contributed by atoms with van der Waals surface area (Å²) in [7, 11) is 3.07. The van der Waals surface area contributed by atoms with E-state index < -0.39 is 0 Å². The lowest BCUT2D eigenvalue weighted by atomic mass is 10.1. The Balaban J connectivity index is 1.87. The van der Waals surface area contributed by atoms with Gasteiger partial charge >= 0.3 is 0 Å². The molecule has 2 N–H and O–H groups in total. The first-order valence-corrected chi connectivity index (χ1v) is 9.37. The number of hydrogen-bond donors (Lipinski definition) is 2. The van der Waals surface area contributed by atoms with Crippen molar-refractivity contribution in [1.82, 2.24) is 15.1 Å². The number of amides is 2. The van der Waals surface area contributed by atoms with Gasteiger partial charge in [0, 0.05) is 12.6 Å². The summed E-state index contributed by atoms with van der Waals surface area (Å²) in [5, 5.41) is 9.83. The molecular weight excluding hydrogens is 368 g/mol. The van der Waals surface area contributed by atoms with Crippen molar-refractivity contribution in [3.8, 4) is 5.75 Å². The molecule has 0 atom stereocenters. The molecule has 0 bridgehead atoms. The fourth-order valence-corrected chi connectivity index (χ4v) is 3.15. The van der Waals surface area contributed by atoms with E-state index >= 15 is 0 Å². The molecule has 1 aromatic heterocycles. The van der Waals surface area contributed by atoms with Gasteiger partial charge in [0.25, 0.3) is 11.8 Å². The van der Waals surface area contributed by atoms with Crippen LogP contribution in [-0.2, 0) is 13.0 Å². The summed E-state index contributed by atoms with van der Waals surface area (Å²) >= 11 is 0. The van der Waals surface area contributed by atoms with E-state index in [4.69, 9.17) is 4.74 Å². The van der Waals surface area contributed by atoms with Crippen LogP contribution < -0.4 is 15.4 Å². The zero-order valence-electron chi connectivity index (χ0n) is 16.7. The number of hydrogen-bond acceptors (Lipinski definition) is 4. The van der Waals surface area contributed by atoms with Crippen molar-refractivity contribution in [2.75, 3.05) is 19.5 Å². The molecule has 3 aromatic rings. The van der Waals surface area contributed by atoms with Gasteiger partial charge in [-0.2, -0.15) is 5.10 Å². The number of benzene rings is 2. The van der Waals surface area contributed by atoms with Gasteiger partial charge in [0.1, 0.15) is 5.75 Å². The Kier molecular flexibility index (Phi) is 6.29. The van der Waals surface area contributed by atoms with Crippen molar-refractivity contribution in [3.05, 3.63) is 77.1 Å². The third kappa shape index (κ3) is 4.45. The predicted molar refractivity (Wildman–Crippen MR) is 111 cm³/mol. The molecular formula is C22H24N4O3. The van der Waals surface area contributed by atoms with Crippen LogP contribution >= 0.6 is 0 Å². The number of carbonyl (C=O) groups is 2. The Morgan fingerprint density at radius 3 is 2.52 bits per heavy atom. The molecule has 29 heavy (non-hydrogen) atoms. The van der Waals surface area contributed by atoms with Crippen LogP contribution in [0.25, 0.3) is 0 Å². The van der Waals surface area contributed by atoms with E-state index in [0.717, 1.165) is 11.3 Å². The fourth-order valence-electron chi connectivity index (χ4n) is 3.15. The number of rotatable bonds is 7. The molecule has 2 aromatic carbocycles. The van der Waals surface area contributed by atoms with Gasteiger partial charge in [0.05, 0.1) is 36.8 Å². The van der Waals surface area contributed by atoms with Crippen molar-refractivity contribution in [1.29, 1.82) is 0 Å². The third-order valence-electron chi connectivity index (χ3n) is 4.64. The summed E-state index contributed by atoms with van der Waals surface area (Å²) < 4.78 is 7.16. The molecule has 0 saturated heterocycles. The van der Waals surface area contributed by atoms with Gasteiger partial charge in [-0.1, -0.05) is 37.3 Å². The Morgan fingerprint density at radius 2 is 1.86 bits per heavy atom. The summed E-state index contributed by atoms with van der Waals surface area (Å²) in [4.78, 5) is 24.9. The maximum atomic E-state index is 13.0. The van der Waals surface area contributed by atoms with Crippen molar-refractivity contribution < 1.29 is 14.3 Å². The van der Waals surface area contributed by atoms with Crippen LogP contribution in [0, 0.1) is 0 Å². The largest absolute Gasteiger partial charge is 0.495 e. The molecule has 0 radical (unpaired) electrons. The molecule has 2 amide bonds. The van der Waals surface area contributed by atoms with Crippen LogP contribution in [0.15, 0.2) is 54.7 Å². The van der Waals surface area contributed by atoms with Gasteiger partial charge < -0.3 is 15.4 Å². The van der Waals surface area contributed by atoms with E-state index in [2.05, 4.69) is 15.7 Å². The molecule has 7 nitrogen and oxygen atoms in total. The second-order valence-corrected chi connectivity index (χ2v) is 6.45. The molecule has 0 aliphatic heterocycles. The van der Waals surface area contributed by atoms with Crippen molar-refractivity contribution in [3.63, 3.8) is 0 Å². The van der Waals surface area contributed by atoms with E-state index in [-0.39, 0.29) is 11.8 Å². The van der Waals surface area contributed by atoms with Crippen molar-refractivity contribution in [2.45, 2.75) is 19.9 Å². The lowest BCUT2D eigenvalue weighted by Gasteiger charge is -2.12. The van der Waals surface area contributed by atoms with Crippen LogP contribution in [0.5, 0.6) is 5.75 Å². The molecule has 0 unspecified atom stereocenters. The maximum Gasteiger partial charge on any atom is 0.259 e. The quantitative estimate of drug-likeness (QED) is 0.647. The highest BCUT2D eigenvalue weighted by Gasteiger charge is 2.19. The van der Waals surface area contributed by atoms with Crippen molar-refractivity contribution >= 4 is 17.5 Å². The second kappa shape index (κ2) is 9.05. The van der Waals surface area contributed by atoms with Gasteiger partial charge in [-0.3, -0.25) is 14.3 Å². The Bertz CT molecular complexity index is 1010. The van der Waals surface area contributed by atoms with Gasteiger partial charge in [-0.25, -0.2) is 0 Å². The Labute approximate surface area is 169 Å². The molecule has 3 rings (SSSR count). The minimum absolute atomic E-state index is 0.243. The second-order valence-electron chi connectivity index (χ2n) is 6.45. The molecule has 7 heteroatoms. The average molecular weight is 392 g/mol. The maximum absolute atomic E-state index is 13.0. The van der Waals surface area contributed by atoms with E-state index in [9.17, 15) is 9.59 Å². The average Bonchev–Trinajstić information content (AvgIpc) is 3.16. The highest BCUT2D eigenvalue weighted by atomic mass is 16.5. The zero-order valence-corrected chi connectivity index (χ0v) is 16.7. The van der Waals surface area contributed by atoms with Gasteiger partial charge in [0.2, 0.25) is 0 Å². The van der Waals surface area contributed by atoms with Gasteiger partial charge in [-0.05, 0) is 30.2 Å². The number of aromatic nitrogens is 2. The number of carbonyl (C=O) groups excluding carboxylic acids is 2. The number of nitrogens with one attached hydrogen (secondary N) is 2. The third-order valence-corrected chi connectivity index (χ3v) is 4.64. The van der Waals surface area contributed by atoms with Crippen LogP contribution in [-0.4, -0.2) is 35.8 Å². The first-order valence-electron chi connectivity index (χ1n) is 9.37. The van der Waals surface area contributed by atoms with E-state index in [0.29, 0.717) is 35.5 Å². The molecule has 0 fully saturated rings. The normalized spacial score (nSPS) is 10.4. The lowest BCUT2D eigenvalue weighted by molar-refractivity contribution is 0.0961. The summed E-state index contributed by atoms with van der Waals surface area (Å²) in [5.74, 6) is -0.0673. The van der Waals surface area contributed by atoms with Gasteiger partial charge in [0.15, 0.2) is 0 Å². The van der Waals surface area contributed by atoms with Gasteiger partial charge in [-0.15, -0.1) is 0 Å². The van der Waals surface area contributed by atoms with E-state index in [1.54, 1.807) is 31.4 Å². The first-order chi connectivity index (χ1) is 14.1. The Hall–Kier alpha value is -3.61. The molecule has 0 spiro atoms. The summed E-state index contributed by atoms with van der Waals surface area (Å²) in [6.07, 6.45) is 2.23. The highest BCUT2D eigenvalue weighted by molar-refractivity contribution is 6.06. The summed E-state index contributed by atoms with van der Waals surface area (Å²) in [6.45, 7) is 2.58. The number of ether oxygens (including phenoxy) is 1. The van der Waals surface area contributed by atoms with E-state index in [1.807, 2.05) is 41.9 Å². The SMILES string of the molecule is CCc1c(C(=O)Nc2cc(C(=O)NC)ccc2OC)cnn1Cc1ccccc1. The van der Waals surface area contributed by atoms with E-state index in [1.165, 1.54) is 7.11 Å². The molecule has 0 aliphatic carbocycles. The Morgan fingerprint density at radius 1 is 1.10 bits per heavy atom. The topological polar surface area (TPSA) is 85.2 Å². The van der Waals surface area contributed by atoms with Crippen molar-refractivity contribution in [2.24, 2.45) is 0 Å². The zero-order chi connectivity index (χ0) is 20.8. The minimum atomic E-state index is -0.298. The van der Waals surface area contributed by atoms with Crippen LogP contribution in [0.4, 0.5) is 5.69 Å². The monoisotopic (exact) mass is 392 g/mol.